The largest absolute Gasteiger partial charge is 0.493 e. The molecule has 3 rings (SSSR count). The SMILES string of the molecule is C=C(C)C(=O)OCCC1CC(CCCCC)CCC1Oc1coc2cc(OCCCCO)ccc12. The fourth-order valence-electron chi connectivity index (χ4n) is 4.90. The number of fused-ring (bicyclic) bond motifs is 1. The van der Waals surface area contributed by atoms with Crippen molar-refractivity contribution in [1.29, 1.82) is 0 Å². The van der Waals surface area contributed by atoms with Crippen molar-refractivity contribution in [3.8, 4) is 11.5 Å². The number of benzene rings is 1. The van der Waals surface area contributed by atoms with Gasteiger partial charge < -0.3 is 23.7 Å². The molecule has 1 aliphatic rings. The van der Waals surface area contributed by atoms with Crippen molar-refractivity contribution in [2.24, 2.45) is 11.8 Å². The van der Waals surface area contributed by atoms with E-state index >= 15 is 0 Å². The molecule has 0 radical (unpaired) electrons. The Morgan fingerprint density at radius 3 is 2.77 bits per heavy atom. The zero-order chi connectivity index (χ0) is 25.0. The van der Waals surface area contributed by atoms with Crippen LogP contribution in [0.4, 0.5) is 0 Å². The Balaban J connectivity index is 1.63. The molecule has 0 amide bonds. The summed E-state index contributed by atoms with van der Waals surface area (Å²) in [4.78, 5) is 11.8. The van der Waals surface area contributed by atoms with E-state index in [4.69, 9.17) is 23.7 Å². The van der Waals surface area contributed by atoms with Crippen LogP contribution >= 0.6 is 0 Å². The van der Waals surface area contributed by atoms with Gasteiger partial charge in [0.1, 0.15) is 23.7 Å². The standard InChI is InChI=1S/C29H42O6/c1-4-5-6-9-22-10-13-26(23(18-22)14-17-33-29(31)21(2)3)35-28-20-34-27-19-24(11-12-25(27)28)32-16-8-7-15-30/h11-12,19-20,22-23,26,30H,2,4-10,13-18H2,1,3H3. The molecular weight excluding hydrogens is 444 g/mol. The van der Waals surface area contributed by atoms with Crippen molar-refractivity contribution in [2.45, 2.75) is 84.2 Å². The number of carbonyl (C=O) groups excluding carboxylic acids is 1. The van der Waals surface area contributed by atoms with Gasteiger partial charge in [0.25, 0.3) is 0 Å². The number of ether oxygens (including phenoxy) is 3. The van der Waals surface area contributed by atoms with E-state index in [9.17, 15) is 4.79 Å². The second-order valence-electron chi connectivity index (χ2n) is 9.83. The quantitative estimate of drug-likeness (QED) is 0.169. The van der Waals surface area contributed by atoms with Crippen molar-refractivity contribution >= 4 is 16.9 Å². The fourth-order valence-corrected chi connectivity index (χ4v) is 4.90. The van der Waals surface area contributed by atoms with Gasteiger partial charge in [-0.05, 0) is 69.4 Å². The predicted octanol–water partition coefficient (Wildman–Crippen LogP) is 6.84. The molecule has 0 bridgehead atoms. The highest BCUT2D eigenvalue weighted by Gasteiger charge is 2.32. The van der Waals surface area contributed by atoms with Crippen molar-refractivity contribution in [3.63, 3.8) is 0 Å². The molecule has 1 N–H and O–H groups in total. The first-order valence-corrected chi connectivity index (χ1v) is 13.3. The predicted molar refractivity (Wildman–Crippen MR) is 138 cm³/mol. The first kappa shape index (κ1) is 27.1. The molecule has 0 saturated heterocycles. The van der Waals surface area contributed by atoms with Crippen LogP contribution in [-0.4, -0.2) is 37.0 Å². The van der Waals surface area contributed by atoms with E-state index in [-0.39, 0.29) is 18.7 Å². The number of hydrogen-bond acceptors (Lipinski definition) is 6. The molecule has 35 heavy (non-hydrogen) atoms. The average molecular weight is 487 g/mol. The highest BCUT2D eigenvalue weighted by molar-refractivity contribution is 5.87. The summed E-state index contributed by atoms with van der Waals surface area (Å²) < 4.78 is 23.5. The van der Waals surface area contributed by atoms with E-state index in [1.807, 2.05) is 18.2 Å². The van der Waals surface area contributed by atoms with Gasteiger partial charge in [0.05, 0.1) is 18.6 Å². The number of furan rings is 1. The minimum Gasteiger partial charge on any atom is -0.493 e. The van der Waals surface area contributed by atoms with Gasteiger partial charge in [-0.1, -0.05) is 39.2 Å². The fraction of sp³-hybridized carbons (Fsp3) is 0.621. The molecule has 3 atom stereocenters. The first-order valence-electron chi connectivity index (χ1n) is 13.3. The topological polar surface area (TPSA) is 78.1 Å². The van der Waals surface area contributed by atoms with Gasteiger partial charge in [-0.2, -0.15) is 0 Å². The molecule has 1 aromatic heterocycles. The Kier molecular flexibility index (Phi) is 11.0. The molecule has 3 unspecified atom stereocenters. The van der Waals surface area contributed by atoms with Gasteiger partial charge in [-0.15, -0.1) is 0 Å². The van der Waals surface area contributed by atoms with Crippen molar-refractivity contribution in [3.05, 3.63) is 36.6 Å². The zero-order valence-corrected chi connectivity index (χ0v) is 21.4. The van der Waals surface area contributed by atoms with Crippen molar-refractivity contribution in [2.75, 3.05) is 19.8 Å². The van der Waals surface area contributed by atoms with Crippen LogP contribution in [-0.2, 0) is 9.53 Å². The lowest BCUT2D eigenvalue weighted by atomic mass is 9.76. The molecule has 1 fully saturated rings. The lowest BCUT2D eigenvalue weighted by Gasteiger charge is -2.36. The number of carbonyl (C=O) groups is 1. The molecular formula is C29H42O6. The van der Waals surface area contributed by atoms with Gasteiger partial charge in [0, 0.05) is 18.2 Å². The smallest absolute Gasteiger partial charge is 0.333 e. The van der Waals surface area contributed by atoms with Crippen LogP contribution in [0.3, 0.4) is 0 Å². The van der Waals surface area contributed by atoms with Crippen LogP contribution in [0, 0.1) is 11.8 Å². The minimum atomic E-state index is -0.326. The molecule has 1 heterocycles. The van der Waals surface area contributed by atoms with Crippen LogP contribution in [0.15, 0.2) is 41.0 Å². The third-order valence-electron chi connectivity index (χ3n) is 6.92. The van der Waals surface area contributed by atoms with Gasteiger partial charge in [0.2, 0.25) is 0 Å². The van der Waals surface area contributed by atoms with Crippen molar-refractivity contribution < 1.29 is 28.5 Å². The Labute approximate surface area is 209 Å². The summed E-state index contributed by atoms with van der Waals surface area (Å²) in [5, 5.41) is 9.84. The summed E-state index contributed by atoms with van der Waals surface area (Å²) in [7, 11) is 0. The molecule has 0 aliphatic heterocycles. The van der Waals surface area contributed by atoms with Crippen molar-refractivity contribution in [1.82, 2.24) is 0 Å². The molecule has 0 spiro atoms. The molecule has 1 saturated carbocycles. The van der Waals surface area contributed by atoms with Crippen LogP contribution in [0.25, 0.3) is 11.0 Å². The number of rotatable bonds is 15. The maximum absolute atomic E-state index is 11.8. The number of aliphatic hydroxyl groups is 1. The molecule has 2 aromatic rings. The van der Waals surface area contributed by atoms with Gasteiger partial charge >= 0.3 is 5.97 Å². The zero-order valence-electron chi connectivity index (χ0n) is 21.4. The van der Waals surface area contributed by atoms with Gasteiger partial charge in [-0.3, -0.25) is 0 Å². The number of aliphatic hydroxyl groups excluding tert-OH is 1. The first-order chi connectivity index (χ1) is 17.0. The lowest BCUT2D eigenvalue weighted by molar-refractivity contribution is -0.139. The van der Waals surface area contributed by atoms with E-state index < -0.39 is 0 Å². The second kappa shape index (κ2) is 14.2. The lowest BCUT2D eigenvalue weighted by Crippen LogP contribution is -2.34. The van der Waals surface area contributed by atoms with Crippen LogP contribution < -0.4 is 9.47 Å². The van der Waals surface area contributed by atoms with Gasteiger partial charge in [0.15, 0.2) is 5.75 Å². The Hall–Kier alpha value is -2.47. The van der Waals surface area contributed by atoms with E-state index in [0.29, 0.717) is 30.6 Å². The summed E-state index contributed by atoms with van der Waals surface area (Å²) >= 11 is 0. The third kappa shape index (κ3) is 8.31. The normalized spacial score (nSPS) is 20.0. The maximum atomic E-state index is 11.8. The summed E-state index contributed by atoms with van der Waals surface area (Å²) in [5.41, 5.74) is 1.17. The molecule has 1 aromatic carbocycles. The molecule has 194 valence electrons. The van der Waals surface area contributed by atoms with Crippen LogP contribution in [0.5, 0.6) is 11.5 Å². The summed E-state index contributed by atoms with van der Waals surface area (Å²) in [6.07, 6.45) is 12.4. The second-order valence-corrected chi connectivity index (χ2v) is 9.83. The Morgan fingerprint density at radius 2 is 2.00 bits per heavy atom. The number of hydrogen-bond donors (Lipinski definition) is 1. The average Bonchev–Trinajstić information content (AvgIpc) is 3.25. The highest BCUT2D eigenvalue weighted by atomic mass is 16.5. The number of unbranched alkanes of at least 4 members (excludes halogenated alkanes) is 3. The Bertz CT molecular complexity index is 932. The van der Waals surface area contributed by atoms with Crippen LogP contribution in [0.2, 0.25) is 0 Å². The molecule has 1 aliphatic carbocycles. The van der Waals surface area contributed by atoms with E-state index in [1.165, 1.54) is 25.7 Å². The van der Waals surface area contributed by atoms with E-state index in [1.54, 1.807) is 13.2 Å². The molecule has 6 nitrogen and oxygen atoms in total. The van der Waals surface area contributed by atoms with Crippen LogP contribution in [0.1, 0.15) is 78.1 Å². The monoisotopic (exact) mass is 486 g/mol. The highest BCUT2D eigenvalue weighted by Crippen LogP contribution is 2.39. The number of esters is 1. The van der Waals surface area contributed by atoms with E-state index in [0.717, 1.165) is 61.0 Å². The third-order valence-corrected chi connectivity index (χ3v) is 6.92. The van der Waals surface area contributed by atoms with E-state index in [2.05, 4.69) is 13.5 Å². The summed E-state index contributed by atoms with van der Waals surface area (Å²) in [6.45, 7) is 8.72. The van der Waals surface area contributed by atoms with Gasteiger partial charge in [-0.25, -0.2) is 4.79 Å². The summed E-state index contributed by atoms with van der Waals surface area (Å²) in [5.74, 6) is 2.21. The maximum Gasteiger partial charge on any atom is 0.333 e. The Morgan fingerprint density at radius 1 is 1.14 bits per heavy atom. The molecule has 6 heteroatoms. The minimum absolute atomic E-state index is 0.0659. The summed E-state index contributed by atoms with van der Waals surface area (Å²) in [6, 6.07) is 5.80.